The van der Waals surface area contributed by atoms with Gasteiger partial charge in [0.25, 0.3) is 0 Å². The van der Waals surface area contributed by atoms with Crippen LogP contribution in [0.15, 0.2) is 30.6 Å². The Labute approximate surface area is 173 Å². The lowest BCUT2D eigenvalue weighted by atomic mass is 10.1. The number of nitrogens with zero attached hydrogens (tertiary/aromatic N) is 1. The monoisotopic (exact) mass is 419 g/mol. The molecule has 10 nitrogen and oxygen atoms in total. The third kappa shape index (κ3) is 6.40. The molecule has 2 unspecified atom stereocenters. The van der Waals surface area contributed by atoms with Crippen LogP contribution in [0.2, 0.25) is 0 Å². The number of nitrogens with two attached hydrogens (primary N) is 1. The molecule has 0 radical (unpaired) electrons. The standard InChI is InChI=1S/C19H23FN6O4/c1-2-30-19(29)12(18-23-7-8-24-18)10-25-15(27)5-6-16(28)26-14-4-3-11(17(21)22)9-13(14)20/h3-4,7-9,12H,2,5-6,10H2,1H3,(H3,21,22)(H,23,24)(H,25,27)(H,26,28)/i2D. The molecule has 0 fully saturated rings. The number of nitrogen functional groups attached to an aromatic ring is 1. The summed E-state index contributed by atoms with van der Waals surface area (Å²) in [7, 11) is 0. The largest absolute Gasteiger partial charge is 0.465 e. The molecular formula is C19H23FN6O4. The fourth-order valence-corrected chi connectivity index (χ4v) is 2.49. The number of H-pyrrole nitrogens is 1. The van der Waals surface area contributed by atoms with Gasteiger partial charge in [0, 0.05) is 37.3 Å². The van der Waals surface area contributed by atoms with Crippen molar-refractivity contribution in [2.45, 2.75) is 25.7 Å². The van der Waals surface area contributed by atoms with Crippen molar-refractivity contribution in [2.75, 3.05) is 18.4 Å². The van der Waals surface area contributed by atoms with Crippen LogP contribution in [-0.2, 0) is 19.1 Å². The second kappa shape index (κ2) is 10.7. The van der Waals surface area contributed by atoms with Crippen LogP contribution in [0.1, 0.15) is 38.4 Å². The van der Waals surface area contributed by atoms with Crippen molar-refractivity contribution >= 4 is 29.3 Å². The summed E-state index contributed by atoms with van der Waals surface area (Å²) in [6.07, 6.45) is 2.52. The second-order valence-electron chi connectivity index (χ2n) is 6.16. The summed E-state index contributed by atoms with van der Waals surface area (Å²) in [5.74, 6) is -3.54. The maximum absolute atomic E-state index is 14.0. The van der Waals surface area contributed by atoms with Gasteiger partial charge in [-0.25, -0.2) is 9.37 Å². The number of carbonyl (C=O) groups excluding carboxylic acids is 3. The molecule has 1 heterocycles. The van der Waals surface area contributed by atoms with Gasteiger partial charge < -0.3 is 26.1 Å². The first kappa shape index (κ1) is 21.0. The molecule has 1 aromatic carbocycles. The van der Waals surface area contributed by atoms with Gasteiger partial charge in [-0.15, -0.1) is 0 Å². The van der Waals surface area contributed by atoms with Crippen LogP contribution in [0.25, 0.3) is 0 Å². The summed E-state index contributed by atoms with van der Waals surface area (Å²) in [6, 6.07) is 3.69. The Kier molecular flexibility index (Phi) is 7.47. The summed E-state index contributed by atoms with van der Waals surface area (Å²) >= 11 is 0. The van der Waals surface area contributed by atoms with E-state index in [-0.39, 0.29) is 42.3 Å². The Bertz CT molecular complexity index is 951. The number of nitrogens with one attached hydrogen (secondary N) is 4. The topological polar surface area (TPSA) is 163 Å². The normalized spacial score (nSPS) is 12.9. The van der Waals surface area contributed by atoms with Gasteiger partial charge in [0.15, 0.2) is 0 Å². The van der Waals surface area contributed by atoms with Gasteiger partial charge in [-0.2, -0.15) is 0 Å². The molecule has 2 aromatic rings. The lowest BCUT2D eigenvalue weighted by molar-refractivity contribution is -0.145. The van der Waals surface area contributed by atoms with E-state index < -0.39 is 36.1 Å². The highest BCUT2D eigenvalue weighted by atomic mass is 19.1. The highest BCUT2D eigenvalue weighted by Crippen LogP contribution is 2.16. The van der Waals surface area contributed by atoms with E-state index in [1.165, 1.54) is 31.5 Å². The van der Waals surface area contributed by atoms with E-state index in [2.05, 4.69) is 20.6 Å². The molecule has 160 valence electrons. The number of anilines is 1. The zero-order valence-corrected chi connectivity index (χ0v) is 16.2. The first-order valence-corrected chi connectivity index (χ1v) is 9.00. The number of carbonyl (C=O) groups is 3. The van der Waals surface area contributed by atoms with E-state index in [1.807, 2.05) is 0 Å². The van der Waals surface area contributed by atoms with Crippen LogP contribution < -0.4 is 16.4 Å². The lowest BCUT2D eigenvalue weighted by Gasteiger charge is -2.14. The zero-order valence-electron chi connectivity index (χ0n) is 17.2. The van der Waals surface area contributed by atoms with Crippen LogP contribution in [-0.4, -0.2) is 46.7 Å². The number of ether oxygens (including phenoxy) is 1. The fraction of sp³-hybridized carbons (Fsp3) is 0.316. The van der Waals surface area contributed by atoms with E-state index in [0.717, 1.165) is 6.07 Å². The first-order chi connectivity index (χ1) is 14.7. The van der Waals surface area contributed by atoms with Crippen LogP contribution in [0.3, 0.4) is 0 Å². The Morgan fingerprint density at radius 1 is 1.37 bits per heavy atom. The molecule has 0 aliphatic heterocycles. The number of imidazole rings is 1. The minimum Gasteiger partial charge on any atom is -0.465 e. The van der Waals surface area contributed by atoms with Gasteiger partial charge in [0.2, 0.25) is 11.8 Å². The van der Waals surface area contributed by atoms with Gasteiger partial charge in [-0.3, -0.25) is 19.8 Å². The Balaban J connectivity index is 1.85. The van der Waals surface area contributed by atoms with Crippen molar-refractivity contribution in [1.29, 1.82) is 5.41 Å². The van der Waals surface area contributed by atoms with E-state index in [4.69, 9.17) is 17.3 Å². The maximum Gasteiger partial charge on any atom is 0.318 e. The minimum absolute atomic E-state index is 0.0967. The van der Waals surface area contributed by atoms with Crippen molar-refractivity contribution in [2.24, 2.45) is 5.73 Å². The molecular weight excluding hydrogens is 395 g/mol. The van der Waals surface area contributed by atoms with Crippen molar-refractivity contribution < 1.29 is 24.9 Å². The van der Waals surface area contributed by atoms with Gasteiger partial charge in [0.1, 0.15) is 23.4 Å². The maximum atomic E-state index is 14.0. The van der Waals surface area contributed by atoms with Gasteiger partial charge >= 0.3 is 5.97 Å². The third-order valence-electron chi connectivity index (χ3n) is 4.00. The number of hydrogen-bond donors (Lipinski definition) is 5. The summed E-state index contributed by atoms with van der Waals surface area (Å²) in [5.41, 5.74) is 5.36. The van der Waals surface area contributed by atoms with E-state index in [1.54, 1.807) is 0 Å². The Morgan fingerprint density at radius 3 is 2.70 bits per heavy atom. The van der Waals surface area contributed by atoms with Crippen LogP contribution in [0.5, 0.6) is 0 Å². The summed E-state index contributed by atoms with van der Waals surface area (Å²) in [5, 5.41) is 12.1. The molecule has 0 bridgehead atoms. The highest BCUT2D eigenvalue weighted by molar-refractivity contribution is 5.97. The molecule has 0 aliphatic carbocycles. The minimum atomic E-state index is -1.07. The van der Waals surface area contributed by atoms with Gasteiger partial charge in [-0.1, -0.05) is 0 Å². The number of hydrogen-bond acceptors (Lipinski definition) is 6. The Morgan fingerprint density at radius 2 is 2.10 bits per heavy atom. The molecule has 2 atom stereocenters. The van der Waals surface area contributed by atoms with Crippen LogP contribution in [0.4, 0.5) is 10.1 Å². The summed E-state index contributed by atoms with van der Waals surface area (Å²) in [4.78, 5) is 43.0. The van der Waals surface area contributed by atoms with Crippen LogP contribution >= 0.6 is 0 Å². The molecule has 2 amide bonds. The SMILES string of the molecule is [2H]C(C)OC(=O)C(CNC(=O)CCC(=O)Nc1ccc(C(=N)N)cc1F)c1ncc[nH]1. The van der Waals surface area contributed by atoms with E-state index in [0.29, 0.717) is 0 Å². The van der Waals surface area contributed by atoms with Gasteiger partial charge in [-0.05, 0) is 25.1 Å². The number of halogens is 1. The number of benzene rings is 1. The predicted octanol–water partition coefficient (Wildman–Crippen LogP) is 1.01. The first-order valence-electron chi connectivity index (χ1n) is 9.57. The molecule has 0 saturated carbocycles. The smallest absolute Gasteiger partial charge is 0.318 e. The highest BCUT2D eigenvalue weighted by Gasteiger charge is 2.25. The predicted molar refractivity (Wildman–Crippen MR) is 106 cm³/mol. The molecule has 0 saturated heterocycles. The molecule has 6 N–H and O–H groups in total. The van der Waals surface area contributed by atoms with E-state index >= 15 is 0 Å². The average Bonchev–Trinajstić information content (AvgIpc) is 3.21. The number of aromatic nitrogens is 2. The number of aromatic amines is 1. The van der Waals surface area contributed by atoms with Crippen molar-refractivity contribution in [3.05, 3.63) is 47.8 Å². The van der Waals surface area contributed by atoms with Crippen molar-refractivity contribution in [3.63, 3.8) is 0 Å². The molecule has 30 heavy (non-hydrogen) atoms. The molecule has 0 aliphatic rings. The van der Waals surface area contributed by atoms with Crippen molar-refractivity contribution in [3.8, 4) is 0 Å². The van der Waals surface area contributed by atoms with E-state index in [9.17, 15) is 18.8 Å². The lowest BCUT2D eigenvalue weighted by Crippen LogP contribution is -2.33. The van der Waals surface area contributed by atoms with Crippen molar-refractivity contribution in [1.82, 2.24) is 15.3 Å². The third-order valence-corrected chi connectivity index (χ3v) is 4.00. The van der Waals surface area contributed by atoms with Crippen LogP contribution in [0, 0.1) is 11.2 Å². The fourth-order valence-electron chi connectivity index (χ4n) is 2.49. The quantitative estimate of drug-likeness (QED) is 0.219. The summed E-state index contributed by atoms with van der Waals surface area (Å²) in [6.45, 7) is 0.167. The molecule has 2 rings (SSSR count). The summed E-state index contributed by atoms with van der Waals surface area (Å²) < 4.78 is 26.2. The molecule has 11 heteroatoms. The molecule has 0 spiro atoms. The average molecular weight is 419 g/mol. The number of amides is 2. The molecule has 1 aromatic heterocycles. The zero-order chi connectivity index (χ0) is 23.0. The second-order valence-corrected chi connectivity index (χ2v) is 6.16. The number of rotatable bonds is 10. The number of esters is 1. The van der Waals surface area contributed by atoms with Gasteiger partial charge in [0.05, 0.1) is 13.6 Å². The number of amidine groups is 1. The Hall–Kier alpha value is -3.76.